The van der Waals surface area contributed by atoms with E-state index in [2.05, 4.69) is 11.9 Å². The van der Waals surface area contributed by atoms with Gasteiger partial charge in [0.15, 0.2) is 11.6 Å². The van der Waals surface area contributed by atoms with Crippen LogP contribution in [0, 0.1) is 29.1 Å². The van der Waals surface area contributed by atoms with E-state index in [1.54, 1.807) is 30.3 Å². The monoisotopic (exact) mass is 605 g/mol. The van der Waals surface area contributed by atoms with Crippen molar-refractivity contribution in [2.45, 2.75) is 83.8 Å². The van der Waals surface area contributed by atoms with Crippen molar-refractivity contribution < 1.29 is 28.7 Å². The molecular formula is C35H47N3O6. The predicted octanol–water partition coefficient (Wildman–Crippen LogP) is 4.17. The molecule has 5 rings (SSSR count). The Labute approximate surface area is 260 Å². The van der Waals surface area contributed by atoms with E-state index >= 15 is 0 Å². The van der Waals surface area contributed by atoms with E-state index in [9.17, 15) is 24.0 Å². The molecule has 0 bridgehead atoms. The van der Waals surface area contributed by atoms with Gasteiger partial charge in [-0.3, -0.25) is 28.9 Å². The normalized spacial score (nSPS) is 25.9. The van der Waals surface area contributed by atoms with Gasteiger partial charge in [0.25, 0.3) is 0 Å². The Hall–Kier alpha value is -3.33. The molecule has 0 unspecified atom stereocenters. The molecule has 9 heteroatoms. The van der Waals surface area contributed by atoms with E-state index in [4.69, 9.17) is 4.74 Å². The number of ketones is 2. The number of esters is 1. The van der Waals surface area contributed by atoms with Crippen LogP contribution >= 0.6 is 0 Å². The van der Waals surface area contributed by atoms with E-state index in [1.165, 1.54) is 4.90 Å². The number of carbonyl (C=O) groups is 5. The second kappa shape index (κ2) is 13.8. The molecule has 9 nitrogen and oxygen atoms in total. The van der Waals surface area contributed by atoms with Crippen molar-refractivity contribution in [3.8, 4) is 0 Å². The van der Waals surface area contributed by atoms with Gasteiger partial charge in [-0.2, -0.15) is 0 Å². The van der Waals surface area contributed by atoms with Crippen LogP contribution in [-0.2, 0) is 23.9 Å². The molecular weight excluding hydrogens is 558 g/mol. The van der Waals surface area contributed by atoms with Crippen LogP contribution in [0.2, 0.25) is 0 Å². The molecule has 2 amide bonds. The molecule has 1 heterocycles. The number of Topliss-reactive ketones (excluding diaryl/α,β-unsaturated/α-hetero) is 2. The van der Waals surface area contributed by atoms with Gasteiger partial charge >= 0.3 is 5.97 Å². The highest BCUT2D eigenvalue weighted by atomic mass is 16.5. The molecule has 1 aromatic rings. The van der Waals surface area contributed by atoms with Gasteiger partial charge in [-0.15, -0.1) is 6.58 Å². The third-order valence-electron chi connectivity index (χ3n) is 9.99. The van der Waals surface area contributed by atoms with Crippen LogP contribution in [0.25, 0.3) is 0 Å². The molecule has 4 aliphatic rings. The van der Waals surface area contributed by atoms with Crippen molar-refractivity contribution in [2.75, 3.05) is 26.3 Å². The minimum atomic E-state index is -0.849. The smallest absolute Gasteiger partial charge is 0.306 e. The molecule has 4 fully saturated rings. The summed E-state index contributed by atoms with van der Waals surface area (Å²) in [5.41, 5.74) is -0.286. The van der Waals surface area contributed by atoms with Gasteiger partial charge in [-0.25, -0.2) is 0 Å². The Morgan fingerprint density at radius 1 is 1.07 bits per heavy atom. The fraction of sp³-hybridized carbons (Fsp3) is 0.629. The van der Waals surface area contributed by atoms with Crippen molar-refractivity contribution in [1.29, 1.82) is 0 Å². The molecule has 238 valence electrons. The number of carbonyl (C=O) groups excluding carboxylic acids is 5. The minimum Gasteiger partial charge on any atom is -0.462 e. The first-order valence-electron chi connectivity index (χ1n) is 16.4. The number of benzene rings is 1. The maximum atomic E-state index is 14.2. The number of amides is 2. The van der Waals surface area contributed by atoms with E-state index in [-0.39, 0.29) is 79.9 Å². The molecule has 1 saturated heterocycles. The van der Waals surface area contributed by atoms with Crippen molar-refractivity contribution in [3.05, 3.63) is 48.6 Å². The Morgan fingerprint density at radius 3 is 2.39 bits per heavy atom. The SMILES string of the molecule is C=C[C@@H]1C[C@]1(CC(=O)[C@@H]1CN(CC(=O)c2ccccc2)CN1C(=O)[C@@H](CC(=O)OC1CCCC1)C(C)C)C(=O)NCC1CC1. The molecule has 0 aromatic heterocycles. The highest BCUT2D eigenvalue weighted by Crippen LogP contribution is 2.56. The van der Waals surface area contributed by atoms with Gasteiger partial charge in [0.05, 0.1) is 31.0 Å². The topological polar surface area (TPSA) is 113 Å². The number of ether oxygens (including phenoxy) is 1. The van der Waals surface area contributed by atoms with Crippen LogP contribution in [0.4, 0.5) is 0 Å². The second-order valence-electron chi connectivity index (χ2n) is 13.7. The largest absolute Gasteiger partial charge is 0.462 e. The maximum absolute atomic E-state index is 14.2. The van der Waals surface area contributed by atoms with Crippen LogP contribution in [0.3, 0.4) is 0 Å². The molecule has 1 aliphatic heterocycles. The van der Waals surface area contributed by atoms with E-state index in [0.29, 0.717) is 24.4 Å². The maximum Gasteiger partial charge on any atom is 0.306 e. The highest BCUT2D eigenvalue weighted by molar-refractivity contribution is 5.99. The summed E-state index contributed by atoms with van der Waals surface area (Å²) in [5, 5.41) is 3.05. The van der Waals surface area contributed by atoms with E-state index in [1.807, 2.05) is 24.8 Å². The number of rotatable bonds is 15. The molecule has 44 heavy (non-hydrogen) atoms. The van der Waals surface area contributed by atoms with Crippen LogP contribution in [0.5, 0.6) is 0 Å². The standard InChI is InChI=1S/C35H47N3O6/c1-4-26-17-35(26,34(43)36-19-24-14-15-24)18-30(39)29-20-37(21-31(40)25-10-6-5-7-11-25)22-38(29)33(42)28(23(2)3)16-32(41)44-27-12-8-9-13-27/h4-7,10-11,23-24,26-29H,1,8-9,12-22H2,2-3H3,(H,36,43)/t26-,28+,29+,35-/m1/s1. The van der Waals surface area contributed by atoms with Crippen molar-refractivity contribution in [2.24, 2.45) is 29.1 Å². The van der Waals surface area contributed by atoms with Gasteiger partial charge in [0.1, 0.15) is 12.1 Å². The number of hydrogen-bond acceptors (Lipinski definition) is 7. The zero-order chi connectivity index (χ0) is 31.4. The lowest BCUT2D eigenvalue weighted by Gasteiger charge is -2.30. The fourth-order valence-electron chi connectivity index (χ4n) is 6.84. The molecule has 0 radical (unpaired) electrons. The number of nitrogens with zero attached hydrogens (tertiary/aromatic N) is 2. The van der Waals surface area contributed by atoms with Crippen LogP contribution in [-0.4, -0.2) is 77.6 Å². The van der Waals surface area contributed by atoms with Crippen LogP contribution < -0.4 is 5.32 Å². The second-order valence-corrected chi connectivity index (χ2v) is 13.7. The van der Waals surface area contributed by atoms with Crippen LogP contribution in [0.15, 0.2) is 43.0 Å². The Balaban J connectivity index is 1.32. The Morgan fingerprint density at radius 2 is 1.77 bits per heavy atom. The van der Waals surface area contributed by atoms with Gasteiger partial charge in [-0.05, 0) is 62.7 Å². The quantitative estimate of drug-likeness (QED) is 0.181. The molecule has 1 N–H and O–H groups in total. The molecule has 3 saturated carbocycles. The first kappa shape index (κ1) is 32.1. The average Bonchev–Trinajstić information content (AvgIpc) is 3.86. The van der Waals surface area contributed by atoms with Gasteiger partial charge in [0.2, 0.25) is 11.8 Å². The molecule has 1 aromatic carbocycles. The lowest BCUT2D eigenvalue weighted by atomic mass is 9.89. The summed E-state index contributed by atoms with van der Waals surface area (Å²) in [7, 11) is 0. The number of allylic oxidation sites excluding steroid dienone is 1. The van der Waals surface area contributed by atoms with Crippen molar-refractivity contribution >= 4 is 29.4 Å². The summed E-state index contributed by atoms with van der Waals surface area (Å²) in [4.78, 5) is 70.9. The first-order valence-corrected chi connectivity index (χ1v) is 16.4. The first-order chi connectivity index (χ1) is 21.1. The molecule has 0 spiro atoms. The summed E-state index contributed by atoms with van der Waals surface area (Å²) < 4.78 is 5.69. The summed E-state index contributed by atoms with van der Waals surface area (Å²) in [6.07, 6.45) is 8.14. The lowest BCUT2D eigenvalue weighted by molar-refractivity contribution is -0.155. The average molecular weight is 606 g/mol. The number of hydrogen-bond donors (Lipinski definition) is 1. The summed E-state index contributed by atoms with van der Waals surface area (Å²) in [6.45, 7) is 8.65. The number of nitrogens with one attached hydrogen (secondary N) is 1. The molecule has 4 atom stereocenters. The zero-order valence-electron chi connectivity index (χ0n) is 26.2. The van der Waals surface area contributed by atoms with E-state index < -0.39 is 17.4 Å². The zero-order valence-corrected chi connectivity index (χ0v) is 26.2. The van der Waals surface area contributed by atoms with Gasteiger partial charge in [-0.1, -0.05) is 50.3 Å². The van der Waals surface area contributed by atoms with Crippen LogP contribution in [0.1, 0.15) is 82.0 Å². The summed E-state index contributed by atoms with van der Waals surface area (Å²) >= 11 is 0. The van der Waals surface area contributed by atoms with Gasteiger partial charge < -0.3 is 15.0 Å². The van der Waals surface area contributed by atoms with Crippen molar-refractivity contribution in [3.63, 3.8) is 0 Å². The summed E-state index contributed by atoms with van der Waals surface area (Å²) in [5.74, 6) is -1.51. The van der Waals surface area contributed by atoms with E-state index in [0.717, 1.165) is 38.5 Å². The third kappa shape index (κ3) is 7.48. The molecule has 3 aliphatic carbocycles. The Kier molecular flexibility index (Phi) is 10.0. The minimum absolute atomic E-state index is 0.00513. The third-order valence-corrected chi connectivity index (χ3v) is 9.99. The van der Waals surface area contributed by atoms with Crippen molar-refractivity contribution in [1.82, 2.24) is 15.1 Å². The highest BCUT2D eigenvalue weighted by Gasteiger charge is 2.60. The van der Waals surface area contributed by atoms with Gasteiger partial charge in [0, 0.05) is 25.1 Å². The fourth-order valence-corrected chi connectivity index (χ4v) is 6.84. The summed E-state index contributed by atoms with van der Waals surface area (Å²) in [6, 6.07) is 8.13. The predicted molar refractivity (Wildman–Crippen MR) is 165 cm³/mol. The Bertz CT molecular complexity index is 1250. The lowest BCUT2D eigenvalue weighted by Crippen LogP contribution is -2.47.